The first-order valence-electron chi connectivity index (χ1n) is 9.43. The van der Waals surface area contributed by atoms with Gasteiger partial charge in [-0.05, 0) is 29.8 Å². The van der Waals surface area contributed by atoms with Gasteiger partial charge in [0.15, 0.2) is 0 Å². The van der Waals surface area contributed by atoms with Crippen molar-refractivity contribution >= 4 is 13.8 Å². The average Bonchev–Trinajstić information content (AvgIpc) is 2.79. The van der Waals surface area contributed by atoms with Gasteiger partial charge in [0.1, 0.15) is 11.5 Å². The first-order valence-corrected chi connectivity index (χ1v) is 10.9. The van der Waals surface area contributed by atoms with Crippen LogP contribution < -0.4 is 14.8 Å². The summed E-state index contributed by atoms with van der Waals surface area (Å²) in [6, 6.07) is 26.5. The Kier molecular flexibility index (Phi) is 9.47. The van der Waals surface area contributed by atoms with Gasteiger partial charge in [0.05, 0.1) is 12.6 Å². The number of carboxylic acids is 1. The molecule has 0 aliphatic rings. The molecule has 0 spiro atoms. The van der Waals surface area contributed by atoms with Crippen molar-refractivity contribution < 1.29 is 41.2 Å². The number of carbonyl (C=O) groups is 1. The molecule has 3 rings (SSSR count). The summed E-state index contributed by atoms with van der Waals surface area (Å²) in [5.74, 6) is -1.98. The number of benzene rings is 3. The fourth-order valence-electron chi connectivity index (χ4n) is 2.26. The summed E-state index contributed by atoms with van der Waals surface area (Å²) >= 11 is 0. The third-order valence-electron chi connectivity index (χ3n) is 3.80. The normalized spacial score (nSPS) is 12.1. The predicted octanol–water partition coefficient (Wildman–Crippen LogP) is 5.60. The largest absolute Gasteiger partial charge is 0.587 e. The molecule has 0 amide bonds. The fraction of sp³-hybridized carbons (Fsp3) is 0.136. The number of phosphoric ester groups is 1. The number of hydrogen-bond donors (Lipinski definition) is 2. The number of phosphoric acid groups is 1. The van der Waals surface area contributed by atoms with E-state index in [0.29, 0.717) is 11.5 Å². The molecule has 3 aromatic rings. The quantitative estimate of drug-likeness (QED) is 0.402. The standard InChI is InChI=1S/C20H20NO4P.C2HF3O2/c21-20(17-10-4-1-5-11-17)16-23-26(22,24-18-12-6-2-7-13-18)25-19-14-8-3-9-15-19;3-2(4,5)1(6)7/h1-15,20H,16,21H2;(H,6,7)/t20-;/m0./s1. The van der Waals surface area contributed by atoms with Crippen molar-refractivity contribution in [3.05, 3.63) is 96.6 Å². The van der Waals surface area contributed by atoms with Crippen LogP contribution in [0.25, 0.3) is 0 Å². The number of carboxylic acid groups (broad SMARTS) is 1. The molecule has 0 aliphatic carbocycles. The van der Waals surface area contributed by atoms with Crippen LogP contribution in [0.4, 0.5) is 13.2 Å². The lowest BCUT2D eigenvalue weighted by atomic mass is 10.1. The molecule has 0 unspecified atom stereocenters. The van der Waals surface area contributed by atoms with Crippen molar-refractivity contribution in [2.45, 2.75) is 12.2 Å². The number of rotatable bonds is 8. The molecule has 0 heterocycles. The molecule has 0 radical (unpaired) electrons. The fourth-order valence-corrected chi connectivity index (χ4v) is 3.51. The van der Waals surface area contributed by atoms with Crippen molar-refractivity contribution in [3.63, 3.8) is 0 Å². The van der Waals surface area contributed by atoms with Gasteiger partial charge < -0.3 is 19.9 Å². The zero-order valence-corrected chi connectivity index (χ0v) is 18.0. The highest BCUT2D eigenvalue weighted by molar-refractivity contribution is 7.49. The van der Waals surface area contributed by atoms with E-state index < -0.39 is 26.0 Å². The third kappa shape index (κ3) is 9.36. The minimum atomic E-state index is -5.08. The van der Waals surface area contributed by atoms with Crippen LogP contribution in [0.3, 0.4) is 0 Å². The van der Waals surface area contributed by atoms with Crippen molar-refractivity contribution in [2.24, 2.45) is 5.73 Å². The molecule has 3 N–H and O–H groups in total. The van der Waals surface area contributed by atoms with E-state index in [2.05, 4.69) is 0 Å². The molecule has 1 atom stereocenters. The summed E-state index contributed by atoms with van der Waals surface area (Å²) in [6.07, 6.45) is -5.08. The van der Waals surface area contributed by atoms with Gasteiger partial charge in [0.25, 0.3) is 0 Å². The van der Waals surface area contributed by atoms with E-state index in [1.807, 2.05) is 42.5 Å². The molecular weight excluding hydrogens is 462 g/mol. The average molecular weight is 483 g/mol. The smallest absolute Gasteiger partial charge is 0.475 e. The van der Waals surface area contributed by atoms with E-state index >= 15 is 0 Å². The van der Waals surface area contributed by atoms with Gasteiger partial charge >= 0.3 is 20.0 Å². The van der Waals surface area contributed by atoms with Crippen molar-refractivity contribution in [1.29, 1.82) is 0 Å². The molecule has 0 saturated carbocycles. The summed E-state index contributed by atoms with van der Waals surface area (Å²) in [6.45, 7) is -0.0129. The molecule has 0 bridgehead atoms. The van der Waals surface area contributed by atoms with Crippen LogP contribution in [-0.2, 0) is 13.9 Å². The summed E-state index contributed by atoms with van der Waals surface area (Å²) in [4.78, 5) is 8.90. The number of alkyl halides is 3. The van der Waals surface area contributed by atoms with Crippen LogP contribution in [0.2, 0.25) is 0 Å². The summed E-state index contributed by atoms with van der Waals surface area (Å²) in [5, 5.41) is 7.12. The lowest BCUT2D eigenvalue weighted by molar-refractivity contribution is -0.192. The van der Waals surface area contributed by atoms with E-state index in [-0.39, 0.29) is 6.61 Å². The van der Waals surface area contributed by atoms with Gasteiger partial charge in [-0.15, -0.1) is 0 Å². The molecule has 0 saturated heterocycles. The summed E-state index contributed by atoms with van der Waals surface area (Å²) in [5.41, 5.74) is 7.01. The SMILES string of the molecule is N[C@@H](COP(=O)(Oc1ccccc1)Oc1ccccc1)c1ccccc1.O=C(O)C(F)(F)F. The Balaban J connectivity index is 0.000000479. The van der Waals surface area contributed by atoms with E-state index in [4.69, 9.17) is 29.2 Å². The van der Waals surface area contributed by atoms with Gasteiger partial charge in [-0.3, -0.25) is 4.52 Å². The highest BCUT2D eigenvalue weighted by Gasteiger charge is 2.38. The van der Waals surface area contributed by atoms with Gasteiger partial charge in [0, 0.05) is 0 Å². The van der Waals surface area contributed by atoms with Crippen LogP contribution in [0, 0.1) is 0 Å². The second-order valence-corrected chi connectivity index (χ2v) is 7.89. The molecule has 33 heavy (non-hydrogen) atoms. The van der Waals surface area contributed by atoms with Crippen LogP contribution in [-0.4, -0.2) is 23.9 Å². The maximum absolute atomic E-state index is 13.2. The van der Waals surface area contributed by atoms with Gasteiger partial charge in [0.2, 0.25) is 0 Å². The summed E-state index contributed by atoms with van der Waals surface area (Å²) < 4.78 is 61.5. The lowest BCUT2D eigenvalue weighted by Crippen LogP contribution is -2.21. The third-order valence-corrected chi connectivity index (χ3v) is 5.14. The van der Waals surface area contributed by atoms with Crippen LogP contribution in [0.1, 0.15) is 11.6 Å². The molecule has 3 aromatic carbocycles. The number of halogens is 3. The number of nitrogens with two attached hydrogens (primary N) is 1. The zero-order chi connectivity index (χ0) is 24.3. The van der Waals surface area contributed by atoms with Crippen LogP contribution in [0.5, 0.6) is 11.5 Å². The zero-order valence-electron chi connectivity index (χ0n) is 17.1. The second-order valence-electron chi connectivity index (χ2n) is 6.37. The molecule has 0 aliphatic heterocycles. The predicted molar refractivity (Wildman–Crippen MR) is 115 cm³/mol. The highest BCUT2D eigenvalue weighted by atomic mass is 31.2. The van der Waals surface area contributed by atoms with E-state index in [9.17, 15) is 17.7 Å². The Morgan fingerprint density at radius 2 is 1.21 bits per heavy atom. The summed E-state index contributed by atoms with van der Waals surface area (Å²) in [7, 11) is -3.92. The number of para-hydroxylation sites is 2. The van der Waals surface area contributed by atoms with Crippen LogP contribution in [0.15, 0.2) is 91.0 Å². The maximum atomic E-state index is 13.2. The topological polar surface area (TPSA) is 108 Å². The van der Waals surface area contributed by atoms with Crippen molar-refractivity contribution in [2.75, 3.05) is 6.61 Å². The first kappa shape index (κ1) is 25.9. The van der Waals surface area contributed by atoms with Crippen molar-refractivity contribution in [1.82, 2.24) is 0 Å². The molecule has 0 aromatic heterocycles. The van der Waals surface area contributed by atoms with Gasteiger partial charge in [-0.2, -0.15) is 13.2 Å². The van der Waals surface area contributed by atoms with E-state index in [1.165, 1.54) is 0 Å². The van der Waals surface area contributed by atoms with Gasteiger partial charge in [-0.1, -0.05) is 66.7 Å². The molecular formula is C22H21F3NO6P. The lowest BCUT2D eigenvalue weighted by Gasteiger charge is -2.21. The van der Waals surface area contributed by atoms with E-state index in [1.54, 1.807) is 48.5 Å². The molecule has 176 valence electrons. The maximum Gasteiger partial charge on any atom is 0.587 e. The Labute approximate surface area is 188 Å². The minimum Gasteiger partial charge on any atom is -0.475 e. The number of hydrogen-bond acceptors (Lipinski definition) is 6. The van der Waals surface area contributed by atoms with E-state index in [0.717, 1.165) is 5.56 Å². The minimum absolute atomic E-state index is 0.0129. The Morgan fingerprint density at radius 3 is 1.58 bits per heavy atom. The van der Waals surface area contributed by atoms with Gasteiger partial charge in [-0.25, -0.2) is 9.36 Å². The molecule has 11 heteroatoms. The van der Waals surface area contributed by atoms with Crippen molar-refractivity contribution in [3.8, 4) is 11.5 Å². The Hall–Kier alpha value is -3.33. The Morgan fingerprint density at radius 1 is 0.848 bits per heavy atom. The van der Waals surface area contributed by atoms with Crippen LogP contribution >= 0.6 is 7.82 Å². The monoisotopic (exact) mass is 483 g/mol. The second kappa shape index (κ2) is 12.1. The molecule has 7 nitrogen and oxygen atoms in total. The number of aliphatic carboxylic acids is 1. The molecule has 0 fully saturated rings. The highest BCUT2D eigenvalue weighted by Crippen LogP contribution is 2.50. The Bertz CT molecular complexity index is 991. The first-order chi connectivity index (χ1) is 15.6.